The van der Waals surface area contributed by atoms with Crippen molar-refractivity contribution in [1.82, 2.24) is 14.5 Å². The minimum Gasteiger partial charge on any atom is -0.331 e. The molecule has 0 saturated heterocycles. The number of rotatable bonds is 8. The molecule has 2 unspecified atom stereocenters. The van der Waals surface area contributed by atoms with Gasteiger partial charge in [-0.15, -0.1) is 11.6 Å². The van der Waals surface area contributed by atoms with Gasteiger partial charge in [0, 0.05) is 6.54 Å². The molecule has 3 aromatic carbocycles. The van der Waals surface area contributed by atoms with Gasteiger partial charge in [-0.05, 0) is 55.2 Å². The summed E-state index contributed by atoms with van der Waals surface area (Å²) >= 11 is 6.66. The number of halogens is 1. The van der Waals surface area contributed by atoms with E-state index in [1.54, 1.807) is 15.5 Å². The van der Waals surface area contributed by atoms with Crippen LogP contribution in [0.25, 0.3) is 16.6 Å². The Morgan fingerprint density at radius 3 is 2.23 bits per heavy atom. The highest BCUT2D eigenvalue weighted by atomic mass is 35.5. The van der Waals surface area contributed by atoms with Gasteiger partial charge in [-0.1, -0.05) is 68.4 Å². The summed E-state index contributed by atoms with van der Waals surface area (Å²) in [4.78, 5) is 34.0. The van der Waals surface area contributed by atoms with Crippen LogP contribution in [0.4, 0.5) is 0 Å². The summed E-state index contributed by atoms with van der Waals surface area (Å²) in [6.45, 7) is 6.45. The SMILES string of the molecule is CCc1ccc(-n2c(C(CC)N(CC)C(=O)C(Cl)c3ccccc3)nc3ccccc3c2=O)cc1. The summed E-state index contributed by atoms with van der Waals surface area (Å²) in [5.74, 6) is 0.329. The van der Waals surface area contributed by atoms with E-state index in [9.17, 15) is 9.59 Å². The van der Waals surface area contributed by atoms with E-state index in [1.165, 1.54) is 5.56 Å². The lowest BCUT2D eigenvalue weighted by Crippen LogP contribution is -2.40. The summed E-state index contributed by atoms with van der Waals surface area (Å²) in [5, 5.41) is -0.283. The Kier molecular flexibility index (Phi) is 7.67. The van der Waals surface area contributed by atoms with Crippen LogP contribution in [0.1, 0.15) is 55.6 Å². The fourth-order valence-corrected chi connectivity index (χ4v) is 4.76. The molecular weight excluding hydrogens is 458 g/mol. The third kappa shape index (κ3) is 4.87. The van der Waals surface area contributed by atoms with E-state index in [4.69, 9.17) is 16.6 Å². The number of nitrogens with zero attached hydrogens (tertiary/aromatic N) is 3. The number of hydrogen-bond acceptors (Lipinski definition) is 3. The van der Waals surface area contributed by atoms with Crippen LogP contribution < -0.4 is 5.56 Å². The minimum atomic E-state index is -0.824. The van der Waals surface area contributed by atoms with Crippen molar-refractivity contribution in [3.63, 3.8) is 0 Å². The van der Waals surface area contributed by atoms with Crippen LogP contribution in [-0.4, -0.2) is 26.9 Å². The standard InChI is InChI=1S/C29H30ClN3O2/c1-4-20-16-18-22(19-17-20)33-27(31-24-15-11-10-14-23(24)28(33)34)25(5-2)32(6-3)29(35)26(30)21-12-8-7-9-13-21/h7-19,25-26H,4-6H2,1-3H3. The molecule has 2 atom stereocenters. The smallest absolute Gasteiger partial charge is 0.266 e. The molecule has 0 fully saturated rings. The number of carbonyl (C=O) groups excluding carboxylic acids is 1. The summed E-state index contributed by atoms with van der Waals surface area (Å²) < 4.78 is 1.65. The average Bonchev–Trinajstić information content (AvgIpc) is 2.91. The van der Waals surface area contributed by atoms with Crippen molar-refractivity contribution in [2.75, 3.05) is 6.54 Å². The molecule has 4 aromatic rings. The van der Waals surface area contributed by atoms with Gasteiger partial charge in [-0.3, -0.25) is 14.2 Å². The van der Waals surface area contributed by atoms with Crippen molar-refractivity contribution in [3.8, 4) is 5.69 Å². The zero-order valence-electron chi connectivity index (χ0n) is 20.3. The Morgan fingerprint density at radius 2 is 1.60 bits per heavy atom. The van der Waals surface area contributed by atoms with Crippen LogP contribution in [0.3, 0.4) is 0 Å². The molecule has 0 aliphatic rings. The number of carbonyl (C=O) groups is 1. The van der Waals surface area contributed by atoms with Crippen LogP contribution in [0.2, 0.25) is 0 Å². The van der Waals surface area contributed by atoms with Gasteiger partial charge in [-0.25, -0.2) is 4.98 Å². The van der Waals surface area contributed by atoms with Crippen molar-refractivity contribution in [2.24, 2.45) is 0 Å². The first-order valence-electron chi connectivity index (χ1n) is 12.1. The fraction of sp³-hybridized carbons (Fsp3) is 0.276. The van der Waals surface area contributed by atoms with Crippen molar-refractivity contribution in [1.29, 1.82) is 0 Å². The summed E-state index contributed by atoms with van der Waals surface area (Å²) in [6.07, 6.45) is 1.49. The predicted molar refractivity (Wildman–Crippen MR) is 142 cm³/mol. The monoisotopic (exact) mass is 487 g/mol. The predicted octanol–water partition coefficient (Wildman–Crippen LogP) is 6.23. The number of para-hydroxylation sites is 1. The van der Waals surface area contributed by atoms with Crippen LogP contribution in [-0.2, 0) is 11.2 Å². The Balaban J connectivity index is 1.88. The van der Waals surface area contributed by atoms with Gasteiger partial charge in [0.25, 0.3) is 5.56 Å². The van der Waals surface area contributed by atoms with Crippen LogP contribution in [0, 0.1) is 0 Å². The molecule has 0 spiro atoms. The zero-order valence-corrected chi connectivity index (χ0v) is 21.1. The quantitative estimate of drug-likeness (QED) is 0.277. The first kappa shape index (κ1) is 24.7. The Bertz CT molecular complexity index is 1370. The van der Waals surface area contributed by atoms with Gasteiger partial charge in [0.15, 0.2) is 0 Å². The molecule has 1 aromatic heterocycles. The first-order valence-corrected chi connectivity index (χ1v) is 12.5. The third-order valence-electron chi connectivity index (χ3n) is 6.40. The van der Waals surface area contributed by atoms with Crippen molar-refractivity contribution >= 4 is 28.4 Å². The van der Waals surface area contributed by atoms with E-state index in [2.05, 4.69) is 6.92 Å². The number of aromatic nitrogens is 2. The van der Waals surface area contributed by atoms with Gasteiger partial charge in [0.2, 0.25) is 5.91 Å². The second kappa shape index (κ2) is 10.9. The topological polar surface area (TPSA) is 55.2 Å². The van der Waals surface area contributed by atoms with Crippen molar-refractivity contribution in [3.05, 3.63) is 106 Å². The number of amides is 1. The van der Waals surface area contributed by atoms with Gasteiger partial charge in [0.1, 0.15) is 11.2 Å². The lowest BCUT2D eigenvalue weighted by atomic mass is 10.1. The van der Waals surface area contributed by atoms with E-state index >= 15 is 0 Å². The van der Waals surface area contributed by atoms with E-state index in [-0.39, 0.29) is 11.5 Å². The fourth-order valence-electron chi connectivity index (χ4n) is 4.49. The normalized spacial score (nSPS) is 12.9. The maximum absolute atomic E-state index is 13.8. The Morgan fingerprint density at radius 1 is 0.943 bits per heavy atom. The van der Waals surface area contributed by atoms with E-state index < -0.39 is 11.4 Å². The number of benzene rings is 3. The maximum atomic E-state index is 13.8. The highest BCUT2D eigenvalue weighted by Gasteiger charge is 2.32. The Labute approximate surface area is 211 Å². The molecule has 1 heterocycles. The molecule has 1 amide bonds. The van der Waals surface area contributed by atoms with E-state index in [0.29, 0.717) is 29.7 Å². The maximum Gasteiger partial charge on any atom is 0.266 e. The van der Waals surface area contributed by atoms with Gasteiger partial charge in [-0.2, -0.15) is 0 Å². The van der Waals surface area contributed by atoms with Gasteiger partial charge in [0.05, 0.1) is 22.6 Å². The molecule has 180 valence electrons. The molecule has 0 radical (unpaired) electrons. The molecule has 0 aliphatic heterocycles. The third-order valence-corrected chi connectivity index (χ3v) is 6.84. The summed E-state index contributed by atoms with van der Waals surface area (Å²) in [6, 6.07) is 24.2. The second-order valence-corrected chi connectivity index (χ2v) is 8.91. The van der Waals surface area contributed by atoms with Crippen LogP contribution in [0.15, 0.2) is 83.7 Å². The number of alkyl halides is 1. The second-order valence-electron chi connectivity index (χ2n) is 8.47. The molecule has 0 bridgehead atoms. The van der Waals surface area contributed by atoms with Gasteiger partial charge < -0.3 is 4.90 Å². The molecule has 6 heteroatoms. The molecule has 0 aliphatic carbocycles. The number of fused-ring (bicyclic) bond motifs is 1. The zero-order chi connectivity index (χ0) is 24.9. The molecule has 0 saturated carbocycles. The lowest BCUT2D eigenvalue weighted by Gasteiger charge is -2.33. The molecule has 35 heavy (non-hydrogen) atoms. The number of likely N-dealkylation sites (N-methyl/N-ethyl adjacent to an activating group) is 1. The minimum absolute atomic E-state index is 0.151. The van der Waals surface area contributed by atoms with Crippen molar-refractivity contribution < 1.29 is 4.79 Å². The van der Waals surface area contributed by atoms with Crippen LogP contribution in [0.5, 0.6) is 0 Å². The first-order chi connectivity index (χ1) is 17.0. The van der Waals surface area contributed by atoms with E-state index in [0.717, 1.165) is 17.7 Å². The molecule has 4 rings (SSSR count). The average molecular weight is 488 g/mol. The highest BCUT2D eigenvalue weighted by Crippen LogP contribution is 2.31. The van der Waals surface area contributed by atoms with Crippen LogP contribution >= 0.6 is 11.6 Å². The van der Waals surface area contributed by atoms with E-state index in [1.807, 2.05) is 86.6 Å². The molecule has 0 N–H and O–H groups in total. The number of hydrogen-bond donors (Lipinski definition) is 0. The number of aryl methyl sites for hydroxylation is 1. The lowest BCUT2D eigenvalue weighted by molar-refractivity contribution is -0.133. The Hall–Kier alpha value is -3.44. The molecule has 5 nitrogen and oxygen atoms in total. The summed E-state index contributed by atoms with van der Waals surface area (Å²) in [7, 11) is 0. The largest absolute Gasteiger partial charge is 0.331 e. The van der Waals surface area contributed by atoms with Crippen molar-refractivity contribution in [2.45, 2.75) is 45.0 Å². The van der Waals surface area contributed by atoms with Gasteiger partial charge >= 0.3 is 0 Å². The molecular formula is C29H30ClN3O2. The highest BCUT2D eigenvalue weighted by molar-refractivity contribution is 6.30. The summed E-state index contributed by atoms with van der Waals surface area (Å²) in [5.41, 5.74) is 3.12.